The Hall–Kier alpha value is -3.89. The first-order chi connectivity index (χ1) is 27.9. The smallest absolute Gasteiger partial charge is 0.348 e. The number of benzene rings is 1. The molecule has 5 heterocycles. The van der Waals surface area contributed by atoms with E-state index in [9.17, 15) is 24.3 Å². The normalized spacial score (nSPS) is 31.9. The summed E-state index contributed by atoms with van der Waals surface area (Å²) in [5.74, 6) is -3.58. The average molecular weight is 810 g/mol. The number of rotatable bonds is 17. The van der Waals surface area contributed by atoms with Crippen LogP contribution >= 0.6 is 0 Å². The van der Waals surface area contributed by atoms with Gasteiger partial charge in [-0.3, -0.25) is 19.2 Å². The van der Waals surface area contributed by atoms with Crippen molar-refractivity contribution in [2.45, 2.75) is 153 Å². The fraction of sp³-hybridized carbons (Fsp3) is 0.698. The number of carbonyl (C=O) groups is 5. The van der Waals surface area contributed by atoms with E-state index in [0.717, 1.165) is 38.5 Å². The first-order valence-corrected chi connectivity index (χ1v) is 21.2. The van der Waals surface area contributed by atoms with Gasteiger partial charge in [-0.15, -0.1) is 0 Å². The number of esters is 3. The Bertz CT molecular complexity index is 1740. The van der Waals surface area contributed by atoms with Crippen molar-refractivity contribution in [1.82, 2.24) is 15.3 Å². The number of hydrogen-bond donors (Lipinski definition) is 2. The molecule has 5 saturated heterocycles. The van der Waals surface area contributed by atoms with E-state index in [4.69, 9.17) is 28.5 Å². The molecule has 0 unspecified atom stereocenters. The highest BCUT2D eigenvalue weighted by atomic mass is 16.8. The van der Waals surface area contributed by atoms with E-state index in [1.807, 2.05) is 12.1 Å². The Morgan fingerprint density at radius 2 is 1.72 bits per heavy atom. The van der Waals surface area contributed by atoms with Gasteiger partial charge in [0.05, 0.1) is 13.2 Å². The number of hydroxylamine groups is 2. The number of unbranched alkanes of at least 4 members (excludes halogenated alkanes) is 4. The lowest BCUT2D eigenvalue weighted by atomic mass is 9.62. The summed E-state index contributed by atoms with van der Waals surface area (Å²) in [6.45, 7) is 8.18. The van der Waals surface area contributed by atoms with E-state index in [2.05, 4.69) is 19.2 Å². The fourth-order valence-corrected chi connectivity index (χ4v) is 9.78. The van der Waals surface area contributed by atoms with Crippen molar-refractivity contribution in [1.29, 1.82) is 0 Å². The Kier molecular flexibility index (Phi) is 12.7. The summed E-state index contributed by atoms with van der Waals surface area (Å²) >= 11 is 0. The van der Waals surface area contributed by atoms with Crippen LogP contribution in [0.1, 0.15) is 109 Å². The van der Waals surface area contributed by atoms with Crippen molar-refractivity contribution in [3.63, 3.8) is 0 Å². The maximum atomic E-state index is 15.3. The van der Waals surface area contributed by atoms with E-state index in [1.165, 1.54) is 11.1 Å². The third-order valence-corrected chi connectivity index (χ3v) is 12.7. The number of carbonyl (C=O) groups excluding carboxylic acids is 5. The van der Waals surface area contributed by atoms with Crippen LogP contribution in [-0.2, 0) is 59.0 Å². The topological polar surface area (TPSA) is 179 Å². The minimum Gasteiger partial charge on any atom is -0.462 e. The lowest BCUT2D eigenvalue weighted by molar-refractivity contribution is -0.225. The van der Waals surface area contributed by atoms with Gasteiger partial charge in [-0.1, -0.05) is 77.6 Å². The quantitative estimate of drug-likeness (QED) is 0.101. The van der Waals surface area contributed by atoms with Crippen LogP contribution in [0.25, 0.3) is 6.08 Å². The van der Waals surface area contributed by atoms with Crippen LogP contribution in [0, 0.1) is 10.8 Å². The molecule has 7 rings (SSSR count). The maximum Gasteiger partial charge on any atom is 0.348 e. The number of ether oxygens (including phenoxy) is 5. The van der Waals surface area contributed by atoms with Crippen LogP contribution in [-0.4, -0.2) is 119 Å². The zero-order chi connectivity index (χ0) is 41.2. The SMILES string of the molecule is CCCCCC1(CCCCC)O[C@@H]2[C@H](O1)[C@H]1ON(Cc3ccccc3C=CC(=O)O[C@H]3C(=O)OCC3(C)C)[C@H]3C(=O)O[C@@H]2C[C@@]13C(=O)N1CCC[C@@H]1C(=O)NCCO. The molecule has 0 radical (unpaired) electrons. The third kappa shape index (κ3) is 7.92. The molecule has 1 aromatic carbocycles. The van der Waals surface area contributed by atoms with Crippen LogP contribution in [0.4, 0.5) is 0 Å². The Balaban J connectivity index is 1.22. The van der Waals surface area contributed by atoms with Gasteiger partial charge < -0.3 is 39.0 Å². The van der Waals surface area contributed by atoms with Crippen LogP contribution in [0.2, 0.25) is 0 Å². The molecule has 0 spiro atoms. The van der Waals surface area contributed by atoms with E-state index in [-0.39, 0.29) is 44.5 Å². The first kappa shape index (κ1) is 42.2. The summed E-state index contributed by atoms with van der Waals surface area (Å²) in [5, 5.41) is 13.6. The standard InChI is InChI=1S/C43H59N3O12/c1-5-7-11-19-42(20-12-8-6-2)56-32-30-24-43(40(52)45-22-13-16-29(45)37(49)44-21-23-47)34(38(50)54-30)46(58-35(43)33(32)57-42)25-28-15-10-9-14-27(28)17-18-31(48)55-36-39(51)53-26-41(36,3)4/h9-10,14-15,17-18,29-30,32-36,47H,5-8,11-13,16,19-26H2,1-4H3,(H,44,49)/t29-,30-,32+,33+,34+,35-,36+,43+/m1/s1. The minimum atomic E-state index is -1.47. The van der Waals surface area contributed by atoms with Gasteiger partial charge in [0.15, 0.2) is 11.8 Å². The van der Waals surface area contributed by atoms with Crippen LogP contribution in [0.5, 0.6) is 0 Å². The molecular formula is C43H59N3O12. The Labute approximate surface area is 340 Å². The molecule has 6 fully saturated rings. The molecule has 318 valence electrons. The number of fused-ring (bicyclic) bond motifs is 4. The van der Waals surface area contributed by atoms with E-state index in [1.54, 1.807) is 37.0 Å². The molecular weight excluding hydrogens is 750 g/mol. The molecule has 0 aromatic heterocycles. The number of aliphatic hydroxyl groups excluding tert-OH is 1. The summed E-state index contributed by atoms with van der Waals surface area (Å²) in [6, 6.07) is 5.32. The second-order valence-electron chi connectivity index (χ2n) is 17.3. The number of nitrogens with zero attached hydrogens (tertiary/aromatic N) is 2. The van der Waals surface area contributed by atoms with Crippen molar-refractivity contribution in [2.24, 2.45) is 10.8 Å². The Morgan fingerprint density at radius 3 is 2.41 bits per heavy atom. The lowest BCUT2D eigenvalue weighted by Crippen LogP contribution is -2.70. The highest BCUT2D eigenvalue weighted by Crippen LogP contribution is 2.59. The van der Waals surface area contributed by atoms with Crippen molar-refractivity contribution < 1.29 is 57.6 Å². The van der Waals surface area contributed by atoms with Gasteiger partial charge in [-0.2, -0.15) is 5.06 Å². The van der Waals surface area contributed by atoms with Gasteiger partial charge in [0.1, 0.15) is 42.5 Å². The van der Waals surface area contributed by atoms with Crippen molar-refractivity contribution >= 4 is 35.8 Å². The molecule has 15 heteroatoms. The molecule has 2 bridgehead atoms. The summed E-state index contributed by atoms with van der Waals surface area (Å²) in [4.78, 5) is 76.8. The van der Waals surface area contributed by atoms with Gasteiger partial charge in [0.2, 0.25) is 17.9 Å². The number of likely N-dealkylation sites (tertiary alicyclic amines) is 1. The molecule has 6 aliphatic rings. The predicted molar refractivity (Wildman–Crippen MR) is 207 cm³/mol. The lowest BCUT2D eigenvalue weighted by Gasteiger charge is -2.50. The third-order valence-electron chi connectivity index (χ3n) is 12.7. The largest absolute Gasteiger partial charge is 0.462 e. The molecule has 8 atom stereocenters. The minimum absolute atomic E-state index is 0.0321. The van der Waals surface area contributed by atoms with Crippen LogP contribution in [0.3, 0.4) is 0 Å². The van der Waals surface area contributed by atoms with Gasteiger partial charge >= 0.3 is 17.9 Å². The van der Waals surface area contributed by atoms with Gasteiger partial charge in [0.25, 0.3) is 0 Å². The van der Waals surface area contributed by atoms with Crippen molar-refractivity contribution in [2.75, 3.05) is 26.3 Å². The molecule has 15 nitrogen and oxygen atoms in total. The summed E-state index contributed by atoms with van der Waals surface area (Å²) in [5.41, 5.74) is -0.832. The van der Waals surface area contributed by atoms with Crippen molar-refractivity contribution in [3.8, 4) is 0 Å². The van der Waals surface area contributed by atoms with Crippen LogP contribution < -0.4 is 5.32 Å². The van der Waals surface area contributed by atoms with Gasteiger partial charge in [0, 0.05) is 43.8 Å². The zero-order valence-electron chi connectivity index (χ0n) is 34.2. The second kappa shape index (κ2) is 17.4. The van der Waals surface area contributed by atoms with E-state index in [0.29, 0.717) is 43.4 Å². The van der Waals surface area contributed by atoms with Crippen molar-refractivity contribution in [3.05, 3.63) is 41.5 Å². The number of amides is 2. The molecule has 2 N–H and O–H groups in total. The fourth-order valence-electron chi connectivity index (χ4n) is 9.78. The molecule has 1 saturated carbocycles. The number of nitrogens with one attached hydrogen (secondary N) is 1. The molecule has 2 amide bonds. The first-order valence-electron chi connectivity index (χ1n) is 21.2. The monoisotopic (exact) mass is 809 g/mol. The summed E-state index contributed by atoms with van der Waals surface area (Å²) in [7, 11) is 0. The zero-order valence-corrected chi connectivity index (χ0v) is 34.2. The Morgan fingerprint density at radius 1 is 1.00 bits per heavy atom. The highest BCUT2D eigenvalue weighted by molar-refractivity contribution is 5.96. The number of cyclic esters (lactones) is 1. The van der Waals surface area contributed by atoms with Gasteiger partial charge in [-0.05, 0) is 42.9 Å². The second-order valence-corrected chi connectivity index (χ2v) is 17.3. The molecule has 58 heavy (non-hydrogen) atoms. The van der Waals surface area contributed by atoms with Crippen LogP contribution in [0.15, 0.2) is 30.3 Å². The molecule has 1 aromatic rings. The van der Waals surface area contributed by atoms with E-state index >= 15 is 4.79 Å². The average Bonchev–Trinajstić information content (AvgIpc) is 3.98. The van der Waals surface area contributed by atoms with Gasteiger partial charge in [-0.25, -0.2) is 9.59 Å². The predicted octanol–water partition coefficient (Wildman–Crippen LogP) is 3.73. The molecule has 1 aliphatic carbocycles. The molecule has 5 aliphatic heterocycles. The summed E-state index contributed by atoms with van der Waals surface area (Å²) < 4.78 is 30.8. The van der Waals surface area contributed by atoms with E-state index < -0.39 is 77.1 Å². The highest BCUT2D eigenvalue weighted by Gasteiger charge is 2.77. The number of aliphatic hydroxyl groups is 1. The number of hydrogen-bond acceptors (Lipinski definition) is 13. The maximum absolute atomic E-state index is 15.3. The summed E-state index contributed by atoms with van der Waals surface area (Å²) in [6.07, 6.45) is 6.95.